The molecule has 1 aromatic rings. The van der Waals surface area contributed by atoms with E-state index < -0.39 is 17.7 Å². The summed E-state index contributed by atoms with van der Waals surface area (Å²) >= 11 is 0. The zero-order valence-corrected chi connectivity index (χ0v) is 8.68. The number of aliphatic hydroxyl groups is 2. The summed E-state index contributed by atoms with van der Waals surface area (Å²) in [4.78, 5) is 11.2. The first-order chi connectivity index (χ1) is 7.00. The molecule has 2 N–H and O–H groups in total. The maximum absolute atomic E-state index is 11.2. The van der Waals surface area contributed by atoms with Crippen LogP contribution in [0.1, 0.15) is 18.6 Å². The van der Waals surface area contributed by atoms with Crippen molar-refractivity contribution < 1.29 is 19.7 Å². The molecule has 4 heteroatoms. The van der Waals surface area contributed by atoms with Crippen LogP contribution < -0.4 is 0 Å². The number of methoxy groups -OCH3 is 1. The molecule has 0 radical (unpaired) electrons. The van der Waals surface area contributed by atoms with Gasteiger partial charge in [0.05, 0.1) is 7.11 Å². The summed E-state index contributed by atoms with van der Waals surface area (Å²) in [5, 5.41) is 19.6. The van der Waals surface area contributed by atoms with Gasteiger partial charge in [0, 0.05) is 0 Å². The monoisotopic (exact) mass is 210 g/mol. The lowest BCUT2D eigenvalue weighted by Crippen LogP contribution is -2.42. The molecule has 0 spiro atoms. The topological polar surface area (TPSA) is 66.8 Å². The predicted octanol–water partition coefficient (Wildman–Crippen LogP) is 0.644. The van der Waals surface area contributed by atoms with Crippen molar-refractivity contribution in [1.29, 1.82) is 0 Å². The van der Waals surface area contributed by atoms with Crippen molar-refractivity contribution in [2.75, 3.05) is 7.11 Å². The molecule has 1 aromatic carbocycles. The summed E-state index contributed by atoms with van der Waals surface area (Å²) in [5.74, 6) is -0.862. The Hall–Kier alpha value is -1.39. The van der Waals surface area contributed by atoms with Crippen molar-refractivity contribution in [3.05, 3.63) is 35.9 Å². The molecule has 4 nitrogen and oxygen atoms in total. The Bertz CT molecular complexity index is 332. The normalized spacial score (nSPS) is 16.5. The smallest absolute Gasteiger partial charge is 0.340 e. The van der Waals surface area contributed by atoms with Gasteiger partial charge in [-0.25, -0.2) is 4.79 Å². The second kappa shape index (κ2) is 4.42. The Morgan fingerprint density at radius 1 is 1.40 bits per heavy atom. The molecule has 0 aliphatic carbocycles. The summed E-state index contributed by atoms with van der Waals surface area (Å²) in [6.45, 7) is 1.22. The number of carbonyl (C=O) groups is 1. The zero-order valence-electron chi connectivity index (χ0n) is 8.68. The van der Waals surface area contributed by atoms with Gasteiger partial charge in [0.25, 0.3) is 0 Å². The minimum atomic E-state index is -1.93. The molecule has 0 bridgehead atoms. The highest BCUT2D eigenvalue weighted by Gasteiger charge is 2.40. The van der Waals surface area contributed by atoms with Crippen molar-refractivity contribution in [2.45, 2.75) is 18.6 Å². The van der Waals surface area contributed by atoms with Gasteiger partial charge in [-0.2, -0.15) is 0 Å². The lowest BCUT2D eigenvalue weighted by atomic mass is 9.93. The molecule has 1 rings (SSSR count). The lowest BCUT2D eigenvalue weighted by molar-refractivity contribution is -0.172. The highest BCUT2D eigenvalue weighted by molar-refractivity contribution is 5.79. The summed E-state index contributed by atoms with van der Waals surface area (Å²) in [5.41, 5.74) is -1.47. The van der Waals surface area contributed by atoms with Crippen molar-refractivity contribution in [3.63, 3.8) is 0 Å². The minimum absolute atomic E-state index is 0.466. The molecule has 15 heavy (non-hydrogen) atoms. The number of benzene rings is 1. The lowest BCUT2D eigenvalue weighted by Gasteiger charge is -2.26. The van der Waals surface area contributed by atoms with E-state index in [9.17, 15) is 15.0 Å². The van der Waals surface area contributed by atoms with Gasteiger partial charge in [0.2, 0.25) is 0 Å². The third-order valence-electron chi connectivity index (χ3n) is 2.25. The van der Waals surface area contributed by atoms with E-state index in [-0.39, 0.29) is 0 Å². The van der Waals surface area contributed by atoms with Gasteiger partial charge in [0.15, 0.2) is 5.60 Å². The molecule has 0 aromatic heterocycles. The van der Waals surface area contributed by atoms with Crippen LogP contribution >= 0.6 is 0 Å². The van der Waals surface area contributed by atoms with E-state index >= 15 is 0 Å². The van der Waals surface area contributed by atoms with E-state index in [1.165, 1.54) is 6.92 Å². The van der Waals surface area contributed by atoms with Crippen LogP contribution in [0.3, 0.4) is 0 Å². The zero-order chi connectivity index (χ0) is 11.5. The largest absolute Gasteiger partial charge is 0.467 e. The van der Waals surface area contributed by atoms with Gasteiger partial charge in [-0.15, -0.1) is 0 Å². The van der Waals surface area contributed by atoms with E-state index in [2.05, 4.69) is 4.74 Å². The van der Waals surface area contributed by atoms with Crippen LogP contribution in [-0.2, 0) is 9.53 Å². The number of ether oxygens (including phenoxy) is 1. The van der Waals surface area contributed by atoms with Crippen LogP contribution in [-0.4, -0.2) is 28.9 Å². The number of carbonyl (C=O) groups excluding carboxylic acids is 1. The molecule has 0 unspecified atom stereocenters. The standard InChI is InChI=1S/C11H14O4/c1-11(14,10(13)15-2)9(12)8-6-4-3-5-7-8/h3-7,9,12,14H,1-2H3/t9-,11-/m0/s1. The summed E-state index contributed by atoms with van der Waals surface area (Å²) in [6.07, 6.45) is -1.30. The number of rotatable bonds is 3. The van der Waals surface area contributed by atoms with Crippen molar-refractivity contribution in [3.8, 4) is 0 Å². The van der Waals surface area contributed by atoms with Gasteiger partial charge in [-0.3, -0.25) is 0 Å². The molecule has 0 fully saturated rings. The van der Waals surface area contributed by atoms with Crippen molar-refractivity contribution in [1.82, 2.24) is 0 Å². The molecular weight excluding hydrogens is 196 g/mol. The maximum atomic E-state index is 11.2. The van der Waals surface area contributed by atoms with E-state index in [0.717, 1.165) is 7.11 Å². The first kappa shape index (κ1) is 11.7. The maximum Gasteiger partial charge on any atom is 0.340 e. The Balaban J connectivity index is 2.94. The second-order valence-corrected chi connectivity index (χ2v) is 3.45. The number of esters is 1. The van der Waals surface area contributed by atoms with Crippen LogP contribution in [0, 0.1) is 0 Å². The van der Waals surface area contributed by atoms with Crippen molar-refractivity contribution >= 4 is 5.97 Å². The number of hydrogen-bond acceptors (Lipinski definition) is 4. The average Bonchev–Trinajstić information content (AvgIpc) is 2.28. The highest BCUT2D eigenvalue weighted by atomic mass is 16.5. The van der Waals surface area contributed by atoms with Crippen LogP contribution in [0.15, 0.2) is 30.3 Å². The molecule has 0 aliphatic rings. The third-order valence-corrected chi connectivity index (χ3v) is 2.25. The van der Waals surface area contributed by atoms with Crippen LogP contribution in [0.2, 0.25) is 0 Å². The summed E-state index contributed by atoms with van der Waals surface area (Å²) < 4.78 is 4.41. The number of hydrogen-bond donors (Lipinski definition) is 2. The molecule has 0 heterocycles. The van der Waals surface area contributed by atoms with Crippen LogP contribution in [0.25, 0.3) is 0 Å². The minimum Gasteiger partial charge on any atom is -0.467 e. The fraction of sp³-hybridized carbons (Fsp3) is 0.364. The Morgan fingerprint density at radius 3 is 2.40 bits per heavy atom. The van der Waals surface area contributed by atoms with Gasteiger partial charge in [-0.05, 0) is 12.5 Å². The fourth-order valence-electron chi connectivity index (χ4n) is 1.28. The number of aliphatic hydroxyl groups excluding tert-OH is 1. The van der Waals surface area contributed by atoms with E-state index in [1.807, 2.05) is 0 Å². The van der Waals surface area contributed by atoms with E-state index in [4.69, 9.17) is 0 Å². The van der Waals surface area contributed by atoms with Gasteiger partial charge >= 0.3 is 5.97 Å². The molecule has 82 valence electrons. The van der Waals surface area contributed by atoms with Crippen LogP contribution in [0.5, 0.6) is 0 Å². The fourth-order valence-corrected chi connectivity index (χ4v) is 1.28. The Kier molecular flexibility index (Phi) is 3.44. The summed E-state index contributed by atoms with van der Waals surface area (Å²) in [7, 11) is 1.16. The molecule has 2 atom stereocenters. The van der Waals surface area contributed by atoms with Crippen molar-refractivity contribution in [2.24, 2.45) is 0 Å². The van der Waals surface area contributed by atoms with E-state index in [0.29, 0.717) is 5.56 Å². The van der Waals surface area contributed by atoms with E-state index in [1.54, 1.807) is 30.3 Å². The molecule has 0 aliphatic heterocycles. The molecule has 0 amide bonds. The van der Waals surface area contributed by atoms with Crippen LogP contribution in [0.4, 0.5) is 0 Å². The van der Waals surface area contributed by atoms with Gasteiger partial charge < -0.3 is 14.9 Å². The van der Waals surface area contributed by atoms with Gasteiger partial charge in [-0.1, -0.05) is 30.3 Å². The molecule has 0 saturated heterocycles. The predicted molar refractivity (Wildman–Crippen MR) is 54.0 cm³/mol. The molecular formula is C11H14O4. The first-order valence-electron chi connectivity index (χ1n) is 4.54. The third kappa shape index (κ3) is 2.34. The van der Waals surface area contributed by atoms with Gasteiger partial charge in [0.1, 0.15) is 6.10 Å². The average molecular weight is 210 g/mol. The SMILES string of the molecule is COC(=O)[C@@](C)(O)[C@@H](O)c1ccccc1. The second-order valence-electron chi connectivity index (χ2n) is 3.45. The Labute approximate surface area is 88.1 Å². The summed E-state index contributed by atoms with van der Waals surface area (Å²) in [6, 6.07) is 8.46. The first-order valence-corrected chi connectivity index (χ1v) is 4.54. The highest BCUT2D eigenvalue weighted by Crippen LogP contribution is 2.26. The quantitative estimate of drug-likeness (QED) is 0.719. The molecule has 0 saturated carbocycles. The Morgan fingerprint density at radius 2 is 1.93 bits per heavy atom.